The highest BCUT2D eigenvalue weighted by atomic mass is 28.4. The minimum Gasteiger partial charge on any atom is -0.466 e. The van der Waals surface area contributed by atoms with Gasteiger partial charge in [0.25, 0.3) is 0 Å². The lowest BCUT2D eigenvalue weighted by molar-refractivity contribution is -0.157. The van der Waals surface area contributed by atoms with Gasteiger partial charge in [0.1, 0.15) is 6.61 Å². The van der Waals surface area contributed by atoms with Gasteiger partial charge >= 0.3 is 12.1 Å². The van der Waals surface area contributed by atoms with E-state index < -0.39 is 44.2 Å². The fourth-order valence-electron chi connectivity index (χ4n) is 5.69. The highest BCUT2D eigenvalue weighted by Gasteiger charge is 2.54. The SMILES string of the molecule is CCOC(=O)[C@H]1CC(C)=C(C)[C@H](O[Si](C(C)C)(C(C)C)C(C)C)[C@@H]1C(=O)N1CCOC1=O. The molecule has 1 heterocycles. The van der Waals surface area contributed by atoms with Gasteiger partial charge < -0.3 is 13.9 Å². The predicted octanol–water partition coefficient (Wildman–Crippen LogP) is 5.06. The predicted molar refractivity (Wildman–Crippen MR) is 126 cm³/mol. The van der Waals surface area contributed by atoms with Crippen molar-refractivity contribution in [3.8, 4) is 0 Å². The van der Waals surface area contributed by atoms with E-state index in [1.54, 1.807) is 6.92 Å². The molecule has 1 aliphatic heterocycles. The molecule has 0 bridgehead atoms. The van der Waals surface area contributed by atoms with Gasteiger partial charge in [0.05, 0.1) is 31.1 Å². The van der Waals surface area contributed by atoms with Gasteiger partial charge in [0, 0.05) is 0 Å². The average Bonchev–Trinajstić information content (AvgIpc) is 3.13. The highest BCUT2D eigenvalue weighted by molar-refractivity contribution is 6.77. The van der Waals surface area contributed by atoms with Crippen molar-refractivity contribution in [3.63, 3.8) is 0 Å². The summed E-state index contributed by atoms with van der Waals surface area (Å²) < 4.78 is 17.5. The van der Waals surface area contributed by atoms with Crippen LogP contribution in [0.2, 0.25) is 16.6 Å². The van der Waals surface area contributed by atoms with Gasteiger partial charge in [-0.3, -0.25) is 9.59 Å². The van der Waals surface area contributed by atoms with Crippen LogP contribution >= 0.6 is 0 Å². The molecule has 2 rings (SSSR count). The Morgan fingerprint density at radius 2 is 1.66 bits per heavy atom. The smallest absolute Gasteiger partial charge is 0.416 e. The molecule has 1 saturated heterocycles. The first-order valence-corrected chi connectivity index (χ1v) is 14.0. The summed E-state index contributed by atoms with van der Waals surface area (Å²) in [6.07, 6.45) is -0.804. The zero-order valence-electron chi connectivity index (χ0n) is 21.2. The average molecular weight is 468 g/mol. The number of carbonyl (C=O) groups is 3. The molecule has 1 fully saturated rings. The summed E-state index contributed by atoms with van der Waals surface area (Å²) in [5.74, 6) is -2.32. The quantitative estimate of drug-likeness (QED) is 0.282. The zero-order valence-corrected chi connectivity index (χ0v) is 22.2. The van der Waals surface area contributed by atoms with E-state index in [0.717, 1.165) is 16.0 Å². The molecule has 32 heavy (non-hydrogen) atoms. The van der Waals surface area contributed by atoms with Crippen LogP contribution in [0.3, 0.4) is 0 Å². The largest absolute Gasteiger partial charge is 0.466 e. The Labute approximate surface area is 194 Å². The summed E-state index contributed by atoms with van der Waals surface area (Å²) in [5, 5.41) is 0. The van der Waals surface area contributed by atoms with Crippen molar-refractivity contribution in [3.05, 3.63) is 11.1 Å². The third-order valence-corrected chi connectivity index (χ3v) is 13.4. The Morgan fingerprint density at radius 1 is 1.09 bits per heavy atom. The van der Waals surface area contributed by atoms with Gasteiger partial charge in [-0.2, -0.15) is 0 Å². The van der Waals surface area contributed by atoms with Crippen molar-refractivity contribution in [1.82, 2.24) is 4.90 Å². The van der Waals surface area contributed by atoms with Gasteiger partial charge in [-0.1, -0.05) is 47.1 Å². The van der Waals surface area contributed by atoms with Crippen LogP contribution in [0.25, 0.3) is 0 Å². The summed E-state index contributed by atoms with van der Waals surface area (Å²) in [5.41, 5.74) is 2.96. The maximum Gasteiger partial charge on any atom is 0.416 e. The second-order valence-corrected chi connectivity index (χ2v) is 15.4. The van der Waals surface area contributed by atoms with Crippen LogP contribution in [0, 0.1) is 11.8 Å². The molecule has 0 radical (unpaired) electrons. The summed E-state index contributed by atoms with van der Waals surface area (Å²) >= 11 is 0. The first-order valence-electron chi connectivity index (χ1n) is 11.9. The van der Waals surface area contributed by atoms with Gasteiger partial charge in [0.15, 0.2) is 0 Å². The van der Waals surface area contributed by atoms with Crippen LogP contribution in [0.15, 0.2) is 11.1 Å². The van der Waals surface area contributed by atoms with E-state index in [1.807, 2.05) is 13.8 Å². The molecule has 2 amide bonds. The Balaban J connectivity index is 2.62. The van der Waals surface area contributed by atoms with E-state index in [2.05, 4.69) is 41.5 Å². The molecule has 8 heteroatoms. The molecule has 2 aliphatic rings. The van der Waals surface area contributed by atoms with E-state index in [-0.39, 0.29) is 19.8 Å². The zero-order chi connectivity index (χ0) is 24.4. The van der Waals surface area contributed by atoms with Crippen LogP contribution < -0.4 is 0 Å². The van der Waals surface area contributed by atoms with Gasteiger partial charge in [-0.25, -0.2) is 9.69 Å². The van der Waals surface area contributed by atoms with Gasteiger partial charge in [0.2, 0.25) is 14.2 Å². The Hall–Kier alpha value is -1.67. The number of cyclic esters (lactones) is 1. The topological polar surface area (TPSA) is 82.1 Å². The third-order valence-electron chi connectivity index (χ3n) is 7.33. The van der Waals surface area contributed by atoms with Crippen LogP contribution in [-0.4, -0.2) is 57.0 Å². The van der Waals surface area contributed by atoms with Crippen molar-refractivity contribution in [1.29, 1.82) is 0 Å². The first kappa shape index (κ1) is 26.6. The maximum atomic E-state index is 13.7. The number of ether oxygens (including phenoxy) is 2. The number of hydrogen-bond donors (Lipinski definition) is 0. The summed E-state index contributed by atoms with van der Waals surface area (Å²) in [6, 6.07) is 0. The molecule has 1 aliphatic carbocycles. The van der Waals surface area contributed by atoms with E-state index in [9.17, 15) is 14.4 Å². The molecular formula is C24H41NO6Si. The molecule has 0 aromatic heterocycles. The van der Waals surface area contributed by atoms with Gasteiger partial charge in [-0.15, -0.1) is 0 Å². The monoisotopic (exact) mass is 467 g/mol. The van der Waals surface area contributed by atoms with Crippen molar-refractivity contribution in [2.45, 2.75) is 91.5 Å². The lowest BCUT2D eigenvalue weighted by atomic mass is 9.74. The van der Waals surface area contributed by atoms with Crippen molar-refractivity contribution in [2.75, 3.05) is 19.8 Å². The lowest BCUT2D eigenvalue weighted by Gasteiger charge is -2.48. The Morgan fingerprint density at radius 3 is 2.09 bits per heavy atom. The summed E-state index contributed by atoms with van der Waals surface area (Å²) in [7, 11) is -2.39. The molecule has 0 aromatic rings. The number of rotatable bonds is 8. The van der Waals surface area contributed by atoms with Crippen molar-refractivity contribution < 1.29 is 28.3 Å². The number of allylic oxidation sites excluding steroid dienone is 1. The van der Waals surface area contributed by atoms with Gasteiger partial charge in [-0.05, 0) is 49.4 Å². The van der Waals surface area contributed by atoms with Crippen molar-refractivity contribution >= 4 is 26.3 Å². The fourth-order valence-corrected chi connectivity index (χ4v) is 11.3. The van der Waals surface area contributed by atoms with Crippen LogP contribution in [-0.2, 0) is 23.5 Å². The molecule has 0 N–H and O–H groups in total. The number of hydrogen-bond acceptors (Lipinski definition) is 6. The number of nitrogens with zero attached hydrogens (tertiary/aromatic N) is 1. The minimum absolute atomic E-state index is 0.170. The van der Waals surface area contributed by atoms with Crippen LogP contribution in [0.1, 0.15) is 68.7 Å². The molecule has 0 unspecified atom stereocenters. The maximum absolute atomic E-state index is 13.7. The molecule has 0 saturated carbocycles. The van der Waals surface area contributed by atoms with E-state index in [4.69, 9.17) is 13.9 Å². The lowest BCUT2D eigenvalue weighted by Crippen LogP contribution is -2.57. The van der Waals surface area contributed by atoms with Crippen LogP contribution in [0.4, 0.5) is 4.79 Å². The molecule has 182 valence electrons. The third kappa shape index (κ3) is 4.81. The second kappa shape index (κ2) is 10.5. The van der Waals surface area contributed by atoms with E-state index in [0.29, 0.717) is 23.0 Å². The van der Waals surface area contributed by atoms with Crippen LogP contribution in [0.5, 0.6) is 0 Å². The fraction of sp³-hybridized carbons (Fsp3) is 0.792. The number of carbonyl (C=O) groups excluding carboxylic acids is 3. The summed E-state index contributed by atoms with van der Waals surface area (Å²) in [4.78, 5) is 40.1. The number of esters is 1. The summed E-state index contributed by atoms with van der Waals surface area (Å²) in [6.45, 7) is 19.5. The molecule has 0 spiro atoms. The number of amides is 2. The second-order valence-electron chi connectivity index (χ2n) is 10.0. The van der Waals surface area contributed by atoms with Crippen molar-refractivity contribution in [2.24, 2.45) is 11.8 Å². The Bertz CT molecular complexity index is 738. The van der Waals surface area contributed by atoms with E-state index in [1.165, 1.54) is 0 Å². The number of imide groups is 1. The normalized spacial score (nSPS) is 24.6. The minimum atomic E-state index is -2.39. The molecular weight excluding hydrogens is 426 g/mol. The Kier molecular flexibility index (Phi) is 8.73. The standard InChI is InChI=1S/C24H41NO6Si/c1-10-29-23(27)19-13-17(8)18(9)21(20(19)22(26)25-11-12-30-24(25)28)31-32(14(2)3,15(4)5)16(6)7/h14-16,19-21H,10-13H2,1-9H3/t19-,20+,21-/m0/s1. The van der Waals surface area contributed by atoms with E-state index >= 15 is 0 Å². The first-order chi connectivity index (χ1) is 14.9. The molecule has 0 aromatic carbocycles. The molecule has 7 nitrogen and oxygen atoms in total. The molecule has 3 atom stereocenters. The highest BCUT2D eigenvalue weighted by Crippen LogP contribution is 2.47.